The van der Waals surface area contributed by atoms with Crippen LogP contribution in [0.5, 0.6) is 0 Å². The monoisotopic (exact) mass is 645 g/mol. The number of hydrogen-bond acceptors (Lipinski definition) is 5. The summed E-state index contributed by atoms with van der Waals surface area (Å²) in [5.74, 6) is -0.626. The van der Waals surface area contributed by atoms with E-state index in [4.69, 9.17) is 9.47 Å². The summed E-state index contributed by atoms with van der Waals surface area (Å²) >= 11 is 0. The normalized spacial score (nSPS) is 12.7. The summed E-state index contributed by atoms with van der Waals surface area (Å²) < 4.78 is 10.6. The minimum absolute atomic E-state index is 0.0815. The van der Waals surface area contributed by atoms with E-state index in [-0.39, 0.29) is 25.2 Å². The van der Waals surface area contributed by atoms with Gasteiger partial charge in [0.15, 0.2) is 6.10 Å². The highest BCUT2D eigenvalue weighted by Crippen LogP contribution is 2.13. The molecule has 0 radical (unpaired) electrons. The first-order valence-electron chi connectivity index (χ1n) is 19.2. The Morgan fingerprint density at radius 1 is 0.500 bits per heavy atom. The lowest BCUT2D eigenvalue weighted by atomic mass is 10.0. The van der Waals surface area contributed by atoms with Gasteiger partial charge >= 0.3 is 11.9 Å². The molecular formula is C41H72O5. The highest BCUT2D eigenvalue weighted by Gasteiger charge is 2.16. The fraction of sp³-hybridized carbons (Fsp3) is 0.756. The first-order chi connectivity index (χ1) is 22.6. The van der Waals surface area contributed by atoms with Gasteiger partial charge in [-0.25, -0.2) is 0 Å². The fourth-order valence-electron chi connectivity index (χ4n) is 5.18. The van der Waals surface area contributed by atoms with Crippen LogP contribution in [0.3, 0.4) is 0 Å². The highest BCUT2D eigenvalue weighted by atomic mass is 16.6. The van der Waals surface area contributed by atoms with Gasteiger partial charge in [-0.05, 0) is 57.8 Å². The Hall–Kier alpha value is -2.14. The van der Waals surface area contributed by atoms with E-state index in [9.17, 15) is 14.7 Å². The van der Waals surface area contributed by atoms with Gasteiger partial charge in [0.05, 0.1) is 6.61 Å². The van der Waals surface area contributed by atoms with Crippen LogP contribution in [0.4, 0.5) is 0 Å². The second-order valence-corrected chi connectivity index (χ2v) is 12.7. The van der Waals surface area contributed by atoms with Gasteiger partial charge in [0.2, 0.25) is 0 Å². The van der Waals surface area contributed by atoms with Crippen LogP contribution in [-0.4, -0.2) is 36.4 Å². The predicted molar refractivity (Wildman–Crippen MR) is 196 cm³/mol. The molecule has 0 aromatic carbocycles. The highest BCUT2D eigenvalue weighted by molar-refractivity contribution is 5.70. The molecule has 0 bridgehead atoms. The molecule has 0 aromatic heterocycles. The van der Waals surface area contributed by atoms with E-state index in [2.05, 4.69) is 62.5 Å². The Morgan fingerprint density at radius 2 is 0.870 bits per heavy atom. The maximum absolute atomic E-state index is 12.1. The van der Waals surface area contributed by atoms with Crippen LogP contribution in [0, 0.1) is 0 Å². The zero-order valence-electron chi connectivity index (χ0n) is 30.1. The first-order valence-corrected chi connectivity index (χ1v) is 19.2. The third kappa shape index (κ3) is 34.7. The zero-order chi connectivity index (χ0) is 33.6. The molecule has 0 spiro atoms. The molecule has 0 aliphatic carbocycles. The van der Waals surface area contributed by atoms with Crippen molar-refractivity contribution in [1.82, 2.24) is 0 Å². The van der Waals surface area contributed by atoms with Gasteiger partial charge in [-0.2, -0.15) is 0 Å². The number of rotatable bonds is 34. The van der Waals surface area contributed by atoms with Gasteiger partial charge < -0.3 is 14.6 Å². The fourth-order valence-corrected chi connectivity index (χ4v) is 5.18. The van der Waals surface area contributed by atoms with Crippen molar-refractivity contribution < 1.29 is 24.2 Å². The topological polar surface area (TPSA) is 72.8 Å². The summed E-state index contributed by atoms with van der Waals surface area (Å²) in [6, 6.07) is 0. The number of unbranched alkanes of at least 4 members (excludes halogenated alkanes) is 18. The predicted octanol–water partition coefficient (Wildman–Crippen LogP) is 11.8. The van der Waals surface area contributed by atoms with Crippen molar-refractivity contribution in [1.29, 1.82) is 0 Å². The minimum atomic E-state index is -0.782. The lowest BCUT2D eigenvalue weighted by Gasteiger charge is -2.15. The molecule has 5 nitrogen and oxygen atoms in total. The average molecular weight is 645 g/mol. The third-order valence-corrected chi connectivity index (χ3v) is 8.13. The molecule has 1 atom stereocenters. The van der Waals surface area contributed by atoms with Crippen LogP contribution in [0.1, 0.15) is 181 Å². The Labute approximate surface area is 284 Å². The molecular weight excluding hydrogens is 572 g/mol. The molecule has 0 unspecified atom stereocenters. The average Bonchev–Trinajstić information content (AvgIpc) is 3.06. The lowest BCUT2D eigenvalue weighted by Crippen LogP contribution is -2.28. The van der Waals surface area contributed by atoms with Crippen molar-refractivity contribution in [3.05, 3.63) is 48.6 Å². The molecule has 1 N–H and O–H groups in total. The Bertz CT molecular complexity index is 782. The van der Waals surface area contributed by atoms with Gasteiger partial charge in [0, 0.05) is 12.8 Å². The van der Waals surface area contributed by atoms with Crippen molar-refractivity contribution in [2.45, 2.75) is 187 Å². The van der Waals surface area contributed by atoms with E-state index in [1.165, 1.54) is 89.9 Å². The Morgan fingerprint density at radius 3 is 1.35 bits per heavy atom. The summed E-state index contributed by atoms with van der Waals surface area (Å²) in [5, 5.41) is 9.53. The largest absolute Gasteiger partial charge is 0.462 e. The van der Waals surface area contributed by atoms with Crippen LogP contribution >= 0.6 is 0 Å². The number of aliphatic hydroxyl groups excluding tert-OH is 1. The van der Waals surface area contributed by atoms with Crippen LogP contribution in [0.15, 0.2) is 48.6 Å². The molecule has 0 aliphatic heterocycles. The molecule has 0 aliphatic rings. The van der Waals surface area contributed by atoms with Crippen molar-refractivity contribution >= 4 is 11.9 Å². The van der Waals surface area contributed by atoms with Gasteiger partial charge in [-0.1, -0.05) is 159 Å². The third-order valence-electron chi connectivity index (χ3n) is 8.13. The van der Waals surface area contributed by atoms with E-state index in [1.54, 1.807) is 0 Å². The Balaban J connectivity index is 3.64. The summed E-state index contributed by atoms with van der Waals surface area (Å²) in [7, 11) is 0. The van der Waals surface area contributed by atoms with Gasteiger partial charge in [0.25, 0.3) is 0 Å². The van der Waals surface area contributed by atoms with E-state index in [1.807, 2.05) is 0 Å². The summed E-state index contributed by atoms with van der Waals surface area (Å²) in [4.78, 5) is 24.2. The lowest BCUT2D eigenvalue weighted by molar-refractivity contribution is -0.161. The van der Waals surface area contributed by atoms with E-state index in [0.717, 1.165) is 64.2 Å². The van der Waals surface area contributed by atoms with Crippen LogP contribution < -0.4 is 0 Å². The number of esters is 2. The molecule has 0 saturated heterocycles. The second kappa shape index (κ2) is 37.3. The zero-order valence-corrected chi connectivity index (χ0v) is 30.1. The van der Waals surface area contributed by atoms with Crippen molar-refractivity contribution in [2.24, 2.45) is 0 Å². The molecule has 0 saturated carbocycles. The van der Waals surface area contributed by atoms with Gasteiger partial charge in [-0.15, -0.1) is 0 Å². The van der Waals surface area contributed by atoms with Crippen LogP contribution in [-0.2, 0) is 19.1 Å². The number of aliphatic hydroxyl groups is 1. The number of carbonyl (C=O) groups excluding carboxylic acids is 2. The number of carbonyl (C=O) groups is 2. The maximum atomic E-state index is 12.1. The summed E-state index contributed by atoms with van der Waals surface area (Å²) in [5.41, 5.74) is 0. The number of allylic oxidation sites excluding steroid dienone is 8. The number of hydrogen-bond donors (Lipinski definition) is 1. The SMILES string of the molecule is CCCCCC=CCC=CCC=CCC=CCCCCCC(=O)OC[C@H](CO)OC(=O)CCCCCCCCCCCCCCC. The Kier molecular flexibility index (Phi) is 35.6. The first kappa shape index (κ1) is 43.9. The smallest absolute Gasteiger partial charge is 0.306 e. The van der Waals surface area contributed by atoms with Crippen LogP contribution in [0.25, 0.3) is 0 Å². The van der Waals surface area contributed by atoms with Gasteiger partial charge in [0.1, 0.15) is 6.61 Å². The van der Waals surface area contributed by atoms with Crippen molar-refractivity contribution in [3.8, 4) is 0 Å². The molecule has 0 rings (SSSR count). The minimum Gasteiger partial charge on any atom is -0.462 e. The van der Waals surface area contributed by atoms with Crippen molar-refractivity contribution in [3.63, 3.8) is 0 Å². The molecule has 46 heavy (non-hydrogen) atoms. The van der Waals surface area contributed by atoms with Gasteiger partial charge in [-0.3, -0.25) is 9.59 Å². The van der Waals surface area contributed by atoms with E-state index < -0.39 is 6.10 Å². The molecule has 0 fully saturated rings. The molecule has 0 heterocycles. The van der Waals surface area contributed by atoms with E-state index in [0.29, 0.717) is 12.8 Å². The molecule has 5 heteroatoms. The summed E-state index contributed by atoms with van der Waals surface area (Å²) in [6.07, 6.45) is 45.9. The van der Waals surface area contributed by atoms with E-state index >= 15 is 0 Å². The molecule has 266 valence electrons. The standard InChI is InChI=1S/C41H72O5/c1-3-5-7-9-11-13-15-17-18-19-20-21-22-24-25-27-29-31-33-35-40(43)45-38-39(37-42)46-41(44)36-34-32-30-28-26-23-16-14-12-10-8-6-4-2/h11,13,17-18,20-21,24-25,39,42H,3-10,12,14-16,19,22-23,26-38H2,1-2H3/t39-/m0/s1. The molecule has 0 amide bonds. The molecule has 0 aromatic rings. The second-order valence-electron chi connectivity index (χ2n) is 12.7. The quantitative estimate of drug-likeness (QED) is 0.0429. The maximum Gasteiger partial charge on any atom is 0.306 e. The number of ether oxygens (including phenoxy) is 2. The summed E-state index contributed by atoms with van der Waals surface area (Å²) in [6.45, 7) is 4.07. The van der Waals surface area contributed by atoms with Crippen molar-refractivity contribution in [2.75, 3.05) is 13.2 Å². The van der Waals surface area contributed by atoms with Crippen LogP contribution in [0.2, 0.25) is 0 Å².